The van der Waals surface area contributed by atoms with Crippen molar-refractivity contribution in [2.24, 2.45) is 0 Å². The molecule has 7 nitrogen and oxygen atoms in total. The second-order valence-corrected chi connectivity index (χ2v) is 6.74. The van der Waals surface area contributed by atoms with E-state index in [1.54, 1.807) is 25.1 Å². The van der Waals surface area contributed by atoms with Gasteiger partial charge in [0.05, 0.1) is 13.7 Å². The van der Waals surface area contributed by atoms with Crippen LogP contribution in [-0.2, 0) is 16.1 Å². The fraction of sp³-hybridized carbons (Fsp3) is 0.250. The van der Waals surface area contributed by atoms with E-state index in [-0.39, 0.29) is 13.2 Å². The quantitative estimate of drug-likeness (QED) is 0.578. The second-order valence-electron chi connectivity index (χ2n) is 6.30. The standard InChI is InChI=1S/C20H20ClN3O4/c1-20(19(25)26-2,13-27-16-9-4-3-5-10-16)22-12-17-23-18(24-28-17)14-7-6-8-15(21)11-14/h3-11,22H,12-13H2,1-2H3. The van der Waals surface area contributed by atoms with Gasteiger partial charge in [0.15, 0.2) is 0 Å². The van der Waals surface area contributed by atoms with Crippen molar-refractivity contribution in [2.75, 3.05) is 13.7 Å². The van der Waals surface area contributed by atoms with Gasteiger partial charge in [0.1, 0.15) is 17.9 Å². The predicted molar refractivity (Wildman–Crippen MR) is 104 cm³/mol. The van der Waals surface area contributed by atoms with Gasteiger partial charge in [0.25, 0.3) is 0 Å². The minimum absolute atomic E-state index is 0.0684. The lowest BCUT2D eigenvalue weighted by atomic mass is 10.0. The van der Waals surface area contributed by atoms with Crippen LogP contribution in [0.25, 0.3) is 11.4 Å². The highest BCUT2D eigenvalue weighted by Crippen LogP contribution is 2.20. The number of carbonyl (C=O) groups excluding carboxylic acids is 1. The molecule has 0 saturated heterocycles. The maximum Gasteiger partial charge on any atom is 0.329 e. The number of benzene rings is 2. The summed E-state index contributed by atoms with van der Waals surface area (Å²) >= 11 is 5.99. The zero-order valence-electron chi connectivity index (χ0n) is 15.5. The molecule has 1 heterocycles. The number of para-hydroxylation sites is 1. The molecule has 1 aromatic heterocycles. The molecule has 0 bridgehead atoms. The first-order valence-corrected chi connectivity index (χ1v) is 8.98. The molecular formula is C20H20ClN3O4. The molecule has 0 aliphatic rings. The summed E-state index contributed by atoms with van der Waals surface area (Å²) in [5, 5.41) is 7.62. The lowest BCUT2D eigenvalue weighted by Gasteiger charge is -2.27. The number of aromatic nitrogens is 2. The normalized spacial score (nSPS) is 13.0. The highest BCUT2D eigenvalue weighted by atomic mass is 35.5. The van der Waals surface area contributed by atoms with Gasteiger partial charge in [0.2, 0.25) is 11.7 Å². The molecule has 8 heteroatoms. The number of nitrogens with one attached hydrogen (secondary N) is 1. The van der Waals surface area contributed by atoms with E-state index in [0.29, 0.717) is 22.5 Å². The fourth-order valence-electron chi connectivity index (χ4n) is 2.49. The zero-order valence-corrected chi connectivity index (χ0v) is 16.3. The number of ether oxygens (including phenoxy) is 2. The first-order valence-electron chi connectivity index (χ1n) is 8.60. The van der Waals surface area contributed by atoms with Crippen LogP contribution in [0.4, 0.5) is 0 Å². The van der Waals surface area contributed by atoms with E-state index >= 15 is 0 Å². The molecule has 3 rings (SSSR count). The van der Waals surface area contributed by atoms with Crippen LogP contribution >= 0.6 is 11.6 Å². The summed E-state index contributed by atoms with van der Waals surface area (Å²) in [7, 11) is 1.33. The number of nitrogens with zero attached hydrogens (tertiary/aromatic N) is 2. The van der Waals surface area contributed by atoms with E-state index in [2.05, 4.69) is 15.5 Å². The third-order valence-corrected chi connectivity index (χ3v) is 4.32. The Morgan fingerprint density at radius 1 is 1.21 bits per heavy atom. The molecule has 0 aliphatic carbocycles. The topological polar surface area (TPSA) is 86.5 Å². The average Bonchev–Trinajstić information content (AvgIpc) is 3.20. The number of carbonyl (C=O) groups is 1. The van der Waals surface area contributed by atoms with Crippen molar-refractivity contribution in [3.05, 3.63) is 65.5 Å². The molecule has 0 amide bonds. The Labute approximate surface area is 167 Å². The molecular weight excluding hydrogens is 382 g/mol. The van der Waals surface area contributed by atoms with Gasteiger partial charge in [0, 0.05) is 10.6 Å². The summed E-state index contributed by atoms with van der Waals surface area (Å²) in [6.07, 6.45) is 0. The van der Waals surface area contributed by atoms with Crippen molar-refractivity contribution >= 4 is 17.6 Å². The van der Waals surface area contributed by atoms with Crippen LogP contribution < -0.4 is 10.1 Å². The van der Waals surface area contributed by atoms with E-state index < -0.39 is 11.5 Å². The van der Waals surface area contributed by atoms with Crippen molar-refractivity contribution in [2.45, 2.75) is 19.0 Å². The van der Waals surface area contributed by atoms with E-state index in [1.807, 2.05) is 36.4 Å². The van der Waals surface area contributed by atoms with Crippen LogP contribution in [0.1, 0.15) is 12.8 Å². The van der Waals surface area contributed by atoms with Crippen LogP contribution in [0.2, 0.25) is 5.02 Å². The second kappa shape index (κ2) is 8.86. The number of rotatable bonds is 8. The lowest BCUT2D eigenvalue weighted by molar-refractivity contribution is -0.149. The summed E-state index contributed by atoms with van der Waals surface area (Å²) in [6.45, 7) is 1.92. The summed E-state index contributed by atoms with van der Waals surface area (Å²) in [6, 6.07) is 16.4. The Kier molecular flexibility index (Phi) is 6.28. The number of hydrogen-bond acceptors (Lipinski definition) is 7. The SMILES string of the molecule is COC(=O)C(C)(COc1ccccc1)NCc1nc(-c2cccc(Cl)c2)no1. The van der Waals surface area contributed by atoms with Gasteiger partial charge >= 0.3 is 5.97 Å². The highest BCUT2D eigenvalue weighted by Gasteiger charge is 2.35. The molecule has 1 N–H and O–H groups in total. The summed E-state index contributed by atoms with van der Waals surface area (Å²) in [5.41, 5.74) is -0.361. The van der Waals surface area contributed by atoms with Gasteiger partial charge in [-0.2, -0.15) is 4.98 Å². The van der Waals surface area contributed by atoms with Gasteiger partial charge in [-0.25, -0.2) is 4.79 Å². The molecule has 1 unspecified atom stereocenters. The Bertz CT molecular complexity index is 932. The molecule has 28 heavy (non-hydrogen) atoms. The van der Waals surface area contributed by atoms with Crippen LogP contribution in [0, 0.1) is 0 Å². The molecule has 146 valence electrons. The summed E-state index contributed by atoms with van der Waals surface area (Å²) < 4.78 is 15.9. The third-order valence-electron chi connectivity index (χ3n) is 4.09. The number of hydrogen-bond donors (Lipinski definition) is 1. The number of esters is 1. The first-order chi connectivity index (χ1) is 13.5. The molecule has 1 atom stereocenters. The number of methoxy groups -OCH3 is 1. The fourth-order valence-corrected chi connectivity index (χ4v) is 2.68. The van der Waals surface area contributed by atoms with Crippen molar-refractivity contribution in [3.63, 3.8) is 0 Å². The summed E-state index contributed by atoms with van der Waals surface area (Å²) in [5.74, 6) is 0.933. The molecule has 3 aromatic rings. The first kappa shape index (κ1) is 19.9. The minimum Gasteiger partial charge on any atom is -0.491 e. The molecule has 0 fully saturated rings. The minimum atomic E-state index is -1.10. The average molecular weight is 402 g/mol. The van der Waals surface area contributed by atoms with E-state index in [9.17, 15) is 4.79 Å². The van der Waals surface area contributed by atoms with Gasteiger partial charge < -0.3 is 14.0 Å². The molecule has 2 aromatic carbocycles. The Balaban J connectivity index is 1.67. The van der Waals surface area contributed by atoms with Gasteiger partial charge in [-0.05, 0) is 31.2 Å². The molecule has 0 saturated carbocycles. The Hall–Kier alpha value is -2.90. The Morgan fingerprint density at radius 2 is 2.00 bits per heavy atom. The smallest absolute Gasteiger partial charge is 0.329 e. The van der Waals surface area contributed by atoms with Crippen LogP contribution in [0.3, 0.4) is 0 Å². The van der Waals surface area contributed by atoms with E-state index in [1.165, 1.54) is 7.11 Å². The maximum absolute atomic E-state index is 12.3. The monoisotopic (exact) mass is 401 g/mol. The van der Waals surface area contributed by atoms with Gasteiger partial charge in [-0.1, -0.05) is 47.1 Å². The zero-order chi connectivity index (χ0) is 20.0. The summed E-state index contributed by atoms with van der Waals surface area (Å²) in [4.78, 5) is 16.6. The molecule has 0 aliphatic heterocycles. The van der Waals surface area contributed by atoms with Gasteiger partial charge in [-0.15, -0.1) is 0 Å². The number of halogens is 1. The maximum atomic E-state index is 12.3. The van der Waals surface area contributed by atoms with Crippen molar-refractivity contribution in [1.29, 1.82) is 0 Å². The van der Waals surface area contributed by atoms with Crippen molar-refractivity contribution < 1.29 is 18.8 Å². The largest absolute Gasteiger partial charge is 0.491 e. The van der Waals surface area contributed by atoms with E-state index in [0.717, 1.165) is 5.56 Å². The third kappa shape index (κ3) is 4.88. The van der Waals surface area contributed by atoms with Gasteiger partial charge in [-0.3, -0.25) is 5.32 Å². The lowest BCUT2D eigenvalue weighted by Crippen LogP contribution is -2.54. The Morgan fingerprint density at radius 3 is 2.71 bits per heavy atom. The van der Waals surface area contributed by atoms with E-state index in [4.69, 9.17) is 25.6 Å². The predicted octanol–water partition coefficient (Wildman–Crippen LogP) is 3.49. The molecule has 0 radical (unpaired) electrons. The van der Waals surface area contributed by atoms with Crippen LogP contribution in [-0.4, -0.2) is 35.4 Å². The van der Waals surface area contributed by atoms with Crippen molar-refractivity contribution in [1.82, 2.24) is 15.5 Å². The van der Waals surface area contributed by atoms with Crippen LogP contribution in [0.15, 0.2) is 59.1 Å². The highest BCUT2D eigenvalue weighted by molar-refractivity contribution is 6.30. The van der Waals surface area contributed by atoms with Crippen LogP contribution in [0.5, 0.6) is 5.75 Å². The molecule has 0 spiro atoms. The van der Waals surface area contributed by atoms with Crippen molar-refractivity contribution in [3.8, 4) is 17.1 Å².